The van der Waals surface area contributed by atoms with E-state index in [1.54, 1.807) is 41.3 Å². The van der Waals surface area contributed by atoms with Gasteiger partial charge in [-0.1, -0.05) is 12.1 Å². The van der Waals surface area contributed by atoms with Crippen molar-refractivity contribution in [2.24, 2.45) is 0 Å². The third-order valence-electron chi connectivity index (χ3n) is 2.81. The number of hydrogen-bond donors (Lipinski definition) is 2. The summed E-state index contributed by atoms with van der Waals surface area (Å²) in [6, 6.07) is 6.65. The number of aryl methyl sites for hydroxylation is 1. The Hall–Kier alpha value is -2.89. The molecule has 1 heterocycles. The van der Waals surface area contributed by atoms with Gasteiger partial charge in [-0.15, -0.1) is 0 Å². The van der Waals surface area contributed by atoms with Gasteiger partial charge in [0.15, 0.2) is 0 Å². The van der Waals surface area contributed by atoms with Crippen molar-refractivity contribution in [3.05, 3.63) is 53.9 Å². The molecule has 21 heavy (non-hydrogen) atoms. The number of anilines is 1. The lowest BCUT2D eigenvalue weighted by molar-refractivity contribution is -0.131. The topological polar surface area (TPSA) is 84.2 Å². The number of nitrogens with one attached hydrogen (secondary N) is 1. The Balaban J connectivity index is 2.04. The fraction of sp³-hybridized carbons (Fsp3) is 0.133. The summed E-state index contributed by atoms with van der Waals surface area (Å²) in [5.74, 6) is -1.25. The first-order valence-electron chi connectivity index (χ1n) is 6.43. The van der Waals surface area contributed by atoms with E-state index in [1.807, 2.05) is 6.92 Å². The van der Waals surface area contributed by atoms with Crippen LogP contribution in [0, 0.1) is 0 Å². The van der Waals surface area contributed by atoms with Gasteiger partial charge in [-0.2, -0.15) is 5.10 Å². The quantitative estimate of drug-likeness (QED) is 0.825. The minimum Gasteiger partial charge on any atom is -0.478 e. The van der Waals surface area contributed by atoms with Crippen LogP contribution in [0.15, 0.2) is 42.7 Å². The van der Waals surface area contributed by atoms with Gasteiger partial charge in [0, 0.05) is 24.4 Å². The highest BCUT2D eigenvalue weighted by atomic mass is 16.4. The standard InChI is InChI=1S/C15H15N3O3/c1-2-18-10-13(9-16-18)17-15(21)12-6-3-11(4-7-12)5-8-14(19)20/h3-10H,2H2,1H3,(H,17,21)(H,19,20). The Bertz CT molecular complexity index is 672. The van der Waals surface area contributed by atoms with Crippen LogP contribution < -0.4 is 5.32 Å². The monoisotopic (exact) mass is 285 g/mol. The predicted molar refractivity (Wildman–Crippen MR) is 79.0 cm³/mol. The average molecular weight is 285 g/mol. The summed E-state index contributed by atoms with van der Waals surface area (Å²) in [7, 11) is 0. The molecule has 0 spiro atoms. The van der Waals surface area contributed by atoms with Crippen molar-refractivity contribution in [3.8, 4) is 0 Å². The molecule has 0 bridgehead atoms. The second-order valence-corrected chi connectivity index (χ2v) is 4.33. The Morgan fingerprint density at radius 2 is 2.05 bits per heavy atom. The van der Waals surface area contributed by atoms with Crippen molar-refractivity contribution in [2.45, 2.75) is 13.5 Å². The summed E-state index contributed by atoms with van der Waals surface area (Å²) in [5.41, 5.74) is 1.84. The molecule has 0 aliphatic heterocycles. The molecule has 108 valence electrons. The maximum absolute atomic E-state index is 12.0. The van der Waals surface area contributed by atoms with E-state index < -0.39 is 5.97 Å². The van der Waals surface area contributed by atoms with E-state index in [4.69, 9.17) is 5.11 Å². The van der Waals surface area contributed by atoms with E-state index in [1.165, 1.54) is 6.08 Å². The molecular formula is C15H15N3O3. The number of aliphatic carboxylic acids is 1. The Labute approximate surface area is 121 Å². The van der Waals surface area contributed by atoms with Gasteiger partial charge in [0.2, 0.25) is 0 Å². The third-order valence-corrected chi connectivity index (χ3v) is 2.81. The summed E-state index contributed by atoms with van der Waals surface area (Å²) in [6.45, 7) is 2.70. The SMILES string of the molecule is CCn1cc(NC(=O)c2ccc(C=CC(=O)O)cc2)cn1. The lowest BCUT2D eigenvalue weighted by atomic mass is 10.1. The number of nitrogens with zero attached hydrogens (tertiary/aromatic N) is 2. The summed E-state index contributed by atoms with van der Waals surface area (Å²) < 4.78 is 1.72. The van der Waals surface area contributed by atoms with Crippen LogP contribution in [-0.4, -0.2) is 26.8 Å². The van der Waals surface area contributed by atoms with Crippen LogP contribution in [0.2, 0.25) is 0 Å². The summed E-state index contributed by atoms with van der Waals surface area (Å²) in [5, 5.41) is 15.4. The Morgan fingerprint density at radius 3 is 2.62 bits per heavy atom. The molecule has 1 aromatic heterocycles. The first-order valence-corrected chi connectivity index (χ1v) is 6.43. The summed E-state index contributed by atoms with van der Waals surface area (Å²) in [4.78, 5) is 22.4. The fourth-order valence-electron chi connectivity index (χ4n) is 1.72. The van der Waals surface area contributed by atoms with Gasteiger partial charge in [-0.05, 0) is 30.7 Å². The summed E-state index contributed by atoms with van der Waals surface area (Å²) >= 11 is 0. The van der Waals surface area contributed by atoms with Gasteiger partial charge in [-0.3, -0.25) is 9.48 Å². The molecule has 2 rings (SSSR count). The van der Waals surface area contributed by atoms with Crippen molar-refractivity contribution in [2.75, 3.05) is 5.32 Å². The van der Waals surface area contributed by atoms with Crippen LogP contribution in [0.4, 0.5) is 5.69 Å². The molecule has 0 radical (unpaired) electrons. The van der Waals surface area contributed by atoms with Crippen molar-refractivity contribution in [3.63, 3.8) is 0 Å². The molecule has 0 aliphatic rings. The van der Waals surface area contributed by atoms with Crippen molar-refractivity contribution >= 4 is 23.6 Å². The molecule has 2 N–H and O–H groups in total. The number of amides is 1. The van der Waals surface area contributed by atoms with Gasteiger partial charge in [0.25, 0.3) is 5.91 Å². The highest BCUT2D eigenvalue weighted by Gasteiger charge is 2.07. The van der Waals surface area contributed by atoms with Gasteiger partial charge in [-0.25, -0.2) is 4.79 Å². The highest BCUT2D eigenvalue weighted by Crippen LogP contribution is 2.10. The molecule has 0 atom stereocenters. The minimum absolute atomic E-state index is 0.237. The van der Waals surface area contributed by atoms with E-state index in [9.17, 15) is 9.59 Å². The molecule has 6 heteroatoms. The van der Waals surface area contributed by atoms with Crippen molar-refractivity contribution in [1.82, 2.24) is 9.78 Å². The van der Waals surface area contributed by atoms with Gasteiger partial charge >= 0.3 is 5.97 Å². The molecular weight excluding hydrogens is 270 g/mol. The number of rotatable bonds is 5. The third kappa shape index (κ3) is 4.04. The zero-order valence-corrected chi connectivity index (χ0v) is 11.5. The van der Waals surface area contributed by atoms with Gasteiger partial charge in [0.1, 0.15) is 0 Å². The second kappa shape index (κ2) is 6.51. The lowest BCUT2D eigenvalue weighted by Gasteiger charge is -2.02. The molecule has 0 fully saturated rings. The Morgan fingerprint density at radius 1 is 1.33 bits per heavy atom. The van der Waals surface area contributed by atoms with E-state index in [2.05, 4.69) is 10.4 Å². The highest BCUT2D eigenvalue weighted by molar-refractivity contribution is 6.04. The predicted octanol–water partition coefficient (Wildman–Crippen LogP) is 2.25. The largest absolute Gasteiger partial charge is 0.478 e. The number of carboxylic acids is 1. The lowest BCUT2D eigenvalue weighted by Crippen LogP contribution is -2.11. The summed E-state index contributed by atoms with van der Waals surface area (Å²) in [6.07, 6.45) is 5.86. The number of carbonyl (C=O) groups is 2. The Kier molecular flexibility index (Phi) is 4.50. The molecule has 1 aromatic carbocycles. The van der Waals surface area contributed by atoms with E-state index in [0.717, 1.165) is 12.6 Å². The van der Waals surface area contributed by atoms with E-state index in [-0.39, 0.29) is 5.91 Å². The van der Waals surface area contributed by atoms with Crippen LogP contribution in [0.25, 0.3) is 6.08 Å². The van der Waals surface area contributed by atoms with Crippen molar-refractivity contribution < 1.29 is 14.7 Å². The first-order chi connectivity index (χ1) is 10.1. The number of aromatic nitrogens is 2. The van der Waals surface area contributed by atoms with Gasteiger partial charge in [0.05, 0.1) is 11.9 Å². The minimum atomic E-state index is -1.01. The van der Waals surface area contributed by atoms with Crippen LogP contribution >= 0.6 is 0 Å². The number of carbonyl (C=O) groups excluding carboxylic acids is 1. The molecule has 6 nitrogen and oxygen atoms in total. The normalized spacial score (nSPS) is 10.7. The van der Waals surface area contributed by atoms with Crippen LogP contribution in [0.5, 0.6) is 0 Å². The van der Waals surface area contributed by atoms with E-state index >= 15 is 0 Å². The van der Waals surface area contributed by atoms with Crippen LogP contribution in [-0.2, 0) is 11.3 Å². The zero-order valence-electron chi connectivity index (χ0n) is 11.5. The number of benzene rings is 1. The number of carboxylic acid groups (broad SMARTS) is 1. The molecule has 1 amide bonds. The average Bonchev–Trinajstić information content (AvgIpc) is 2.93. The molecule has 2 aromatic rings. The van der Waals surface area contributed by atoms with Gasteiger partial charge < -0.3 is 10.4 Å². The zero-order chi connectivity index (χ0) is 15.2. The first kappa shape index (κ1) is 14.5. The fourth-order valence-corrected chi connectivity index (χ4v) is 1.72. The van der Waals surface area contributed by atoms with Crippen molar-refractivity contribution in [1.29, 1.82) is 0 Å². The maximum atomic E-state index is 12.0. The maximum Gasteiger partial charge on any atom is 0.328 e. The second-order valence-electron chi connectivity index (χ2n) is 4.33. The van der Waals surface area contributed by atoms with Crippen LogP contribution in [0.1, 0.15) is 22.8 Å². The number of hydrogen-bond acceptors (Lipinski definition) is 3. The molecule has 0 saturated heterocycles. The molecule has 0 saturated carbocycles. The molecule has 0 unspecified atom stereocenters. The van der Waals surface area contributed by atoms with Crippen LogP contribution in [0.3, 0.4) is 0 Å². The molecule has 0 aliphatic carbocycles. The van der Waals surface area contributed by atoms with E-state index in [0.29, 0.717) is 16.8 Å². The smallest absolute Gasteiger partial charge is 0.328 e.